The number of phenolic OH excluding ortho intramolecular Hbond substituents is 2. The number of amides is 1. The summed E-state index contributed by atoms with van der Waals surface area (Å²) in [6.45, 7) is 5.19. The molecule has 1 aliphatic rings. The number of hydrogen-bond acceptors (Lipinski definition) is 3. The molecule has 1 aliphatic heterocycles. The van der Waals surface area contributed by atoms with Crippen LogP contribution < -0.4 is 0 Å². The van der Waals surface area contributed by atoms with Gasteiger partial charge in [-0.3, -0.25) is 4.79 Å². The van der Waals surface area contributed by atoms with Crippen LogP contribution in [0.25, 0.3) is 0 Å². The van der Waals surface area contributed by atoms with E-state index in [0.29, 0.717) is 31.0 Å². The molecule has 23 heavy (non-hydrogen) atoms. The number of hydrogen-bond donors (Lipinski definition) is 2. The van der Waals surface area contributed by atoms with Gasteiger partial charge in [0.05, 0.1) is 5.56 Å². The second kappa shape index (κ2) is 5.95. The molecule has 0 bridgehead atoms. The Morgan fingerprint density at radius 2 is 1.70 bits per heavy atom. The van der Waals surface area contributed by atoms with Gasteiger partial charge in [0.15, 0.2) is 0 Å². The molecule has 0 atom stereocenters. The Labute approximate surface area is 136 Å². The normalized spacial score (nSPS) is 13.4. The van der Waals surface area contributed by atoms with Crippen molar-refractivity contribution < 1.29 is 15.0 Å². The van der Waals surface area contributed by atoms with Gasteiger partial charge in [-0.2, -0.15) is 0 Å². The van der Waals surface area contributed by atoms with Crippen LogP contribution in [0.1, 0.15) is 40.9 Å². The molecule has 4 heteroatoms. The zero-order chi connectivity index (χ0) is 16.6. The van der Waals surface area contributed by atoms with Crippen LogP contribution in [0.15, 0.2) is 36.4 Å². The van der Waals surface area contributed by atoms with Gasteiger partial charge >= 0.3 is 0 Å². The van der Waals surface area contributed by atoms with Crippen molar-refractivity contribution in [2.75, 3.05) is 0 Å². The number of benzene rings is 2. The van der Waals surface area contributed by atoms with Crippen molar-refractivity contribution in [3.05, 3.63) is 58.7 Å². The van der Waals surface area contributed by atoms with Gasteiger partial charge in [-0.15, -0.1) is 0 Å². The molecule has 0 aromatic heterocycles. The lowest BCUT2D eigenvalue weighted by molar-refractivity contribution is 0.0748. The summed E-state index contributed by atoms with van der Waals surface area (Å²) in [6.07, 6.45) is 0.659. The van der Waals surface area contributed by atoms with Gasteiger partial charge in [0.25, 0.3) is 5.91 Å². The van der Waals surface area contributed by atoms with Crippen molar-refractivity contribution in [3.8, 4) is 11.5 Å². The van der Waals surface area contributed by atoms with Crippen LogP contribution in [-0.2, 0) is 19.5 Å². The smallest absolute Gasteiger partial charge is 0.258 e. The zero-order valence-corrected chi connectivity index (χ0v) is 13.4. The molecule has 2 aromatic carbocycles. The molecular weight excluding hydrogens is 290 g/mol. The van der Waals surface area contributed by atoms with Crippen LogP contribution in [-0.4, -0.2) is 21.0 Å². The molecule has 0 aliphatic carbocycles. The summed E-state index contributed by atoms with van der Waals surface area (Å²) >= 11 is 0. The highest BCUT2D eigenvalue weighted by Crippen LogP contribution is 2.32. The largest absolute Gasteiger partial charge is 0.508 e. The molecule has 1 heterocycles. The quantitative estimate of drug-likeness (QED) is 0.912. The van der Waals surface area contributed by atoms with Crippen molar-refractivity contribution in [2.24, 2.45) is 5.92 Å². The fourth-order valence-electron chi connectivity index (χ4n) is 3.04. The molecule has 120 valence electrons. The molecule has 0 spiro atoms. The molecule has 0 radical (unpaired) electrons. The lowest BCUT2D eigenvalue weighted by Crippen LogP contribution is -2.25. The first-order valence-corrected chi connectivity index (χ1v) is 7.86. The van der Waals surface area contributed by atoms with E-state index < -0.39 is 0 Å². The number of aromatic hydroxyl groups is 2. The van der Waals surface area contributed by atoms with Crippen molar-refractivity contribution in [2.45, 2.75) is 33.4 Å². The number of carbonyl (C=O) groups excluding carboxylic acids is 1. The minimum atomic E-state index is -0.205. The lowest BCUT2D eigenvalue weighted by atomic mass is 9.99. The van der Waals surface area contributed by atoms with E-state index in [0.717, 1.165) is 11.1 Å². The molecular formula is C19H21NO3. The number of carbonyl (C=O) groups is 1. The highest BCUT2D eigenvalue weighted by Gasteiger charge is 2.26. The Kier molecular flexibility index (Phi) is 3.99. The monoisotopic (exact) mass is 311 g/mol. The fourth-order valence-corrected chi connectivity index (χ4v) is 3.04. The fraction of sp³-hybridized carbons (Fsp3) is 0.316. The third-order valence-corrected chi connectivity index (χ3v) is 4.18. The summed E-state index contributed by atoms with van der Waals surface area (Å²) in [6, 6.07) is 10.9. The minimum absolute atomic E-state index is 0.0393. The van der Waals surface area contributed by atoms with Crippen LogP contribution in [0.3, 0.4) is 0 Å². The number of phenols is 2. The van der Waals surface area contributed by atoms with E-state index in [1.807, 2.05) is 38.1 Å². The first-order chi connectivity index (χ1) is 11.0. The summed E-state index contributed by atoms with van der Waals surface area (Å²) in [4.78, 5) is 14.5. The topological polar surface area (TPSA) is 60.8 Å². The van der Waals surface area contributed by atoms with Crippen LogP contribution >= 0.6 is 0 Å². The Morgan fingerprint density at radius 3 is 2.26 bits per heavy atom. The summed E-state index contributed by atoms with van der Waals surface area (Å²) < 4.78 is 0. The van der Waals surface area contributed by atoms with E-state index >= 15 is 0 Å². The second-order valence-electron chi connectivity index (χ2n) is 6.53. The molecule has 0 fully saturated rings. The van der Waals surface area contributed by atoms with Crippen LogP contribution in [0.2, 0.25) is 0 Å². The molecule has 4 nitrogen and oxygen atoms in total. The maximum atomic E-state index is 12.8. The Hall–Kier alpha value is -2.49. The first kappa shape index (κ1) is 15.4. The molecule has 2 N–H and O–H groups in total. The van der Waals surface area contributed by atoms with Crippen molar-refractivity contribution in [1.29, 1.82) is 0 Å². The number of nitrogens with zero attached hydrogens (tertiary/aromatic N) is 1. The average Bonchev–Trinajstić information content (AvgIpc) is 2.93. The Bertz CT molecular complexity index is 727. The third kappa shape index (κ3) is 3.02. The summed E-state index contributed by atoms with van der Waals surface area (Å²) in [5.74, 6) is 0.0153. The number of rotatable bonds is 3. The van der Waals surface area contributed by atoms with Gasteiger partial charge in [0, 0.05) is 19.2 Å². The van der Waals surface area contributed by atoms with Gasteiger partial charge < -0.3 is 15.1 Å². The van der Waals surface area contributed by atoms with E-state index in [9.17, 15) is 15.0 Å². The third-order valence-electron chi connectivity index (χ3n) is 4.18. The summed E-state index contributed by atoms with van der Waals surface area (Å²) in [5, 5.41) is 20.1. The summed E-state index contributed by atoms with van der Waals surface area (Å²) in [7, 11) is 0. The molecule has 2 aromatic rings. The van der Waals surface area contributed by atoms with Gasteiger partial charge in [0.1, 0.15) is 11.5 Å². The van der Waals surface area contributed by atoms with E-state index in [1.165, 1.54) is 6.07 Å². The standard InChI is InChI=1S/C19H21NO3/c1-12(2)7-15-8-16(18(22)9-17(15)21)19(23)20-10-13-5-3-4-6-14(13)11-20/h3-6,8-9,12,21-22H,7,10-11H2,1-2H3. The van der Waals surface area contributed by atoms with Gasteiger partial charge in [-0.25, -0.2) is 0 Å². The van der Waals surface area contributed by atoms with Crippen LogP contribution in [0.4, 0.5) is 0 Å². The average molecular weight is 311 g/mol. The van der Waals surface area contributed by atoms with Crippen LogP contribution in [0.5, 0.6) is 11.5 Å². The van der Waals surface area contributed by atoms with Gasteiger partial charge in [0.2, 0.25) is 0 Å². The van der Waals surface area contributed by atoms with Gasteiger partial charge in [-0.1, -0.05) is 38.1 Å². The lowest BCUT2D eigenvalue weighted by Gasteiger charge is -2.18. The van der Waals surface area contributed by atoms with Gasteiger partial charge in [-0.05, 0) is 35.1 Å². The van der Waals surface area contributed by atoms with E-state index in [-0.39, 0.29) is 23.0 Å². The predicted molar refractivity (Wildman–Crippen MR) is 88.3 cm³/mol. The van der Waals surface area contributed by atoms with Crippen molar-refractivity contribution in [1.82, 2.24) is 4.90 Å². The Morgan fingerprint density at radius 1 is 1.09 bits per heavy atom. The zero-order valence-electron chi connectivity index (χ0n) is 13.4. The SMILES string of the molecule is CC(C)Cc1cc(C(=O)N2Cc3ccccc3C2)c(O)cc1O. The maximum absolute atomic E-state index is 12.8. The van der Waals surface area contributed by atoms with Crippen molar-refractivity contribution in [3.63, 3.8) is 0 Å². The predicted octanol–water partition coefficient (Wildman–Crippen LogP) is 3.45. The van der Waals surface area contributed by atoms with E-state index in [1.54, 1.807) is 11.0 Å². The highest BCUT2D eigenvalue weighted by molar-refractivity contribution is 5.97. The first-order valence-electron chi connectivity index (χ1n) is 7.86. The molecule has 0 saturated heterocycles. The Balaban J connectivity index is 1.88. The summed E-state index contributed by atoms with van der Waals surface area (Å²) in [5.41, 5.74) is 3.23. The number of fused-ring (bicyclic) bond motifs is 1. The maximum Gasteiger partial charge on any atom is 0.258 e. The molecule has 0 unspecified atom stereocenters. The van der Waals surface area contributed by atoms with E-state index in [4.69, 9.17) is 0 Å². The molecule has 0 saturated carbocycles. The molecule has 3 rings (SSSR count). The molecule has 1 amide bonds. The van der Waals surface area contributed by atoms with Crippen molar-refractivity contribution >= 4 is 5.91 Å². The second-order valence-corrected chi connectivity index (χ2v) is 6.53. The minimum Gasteiger partial charge on any atom is -0.508 e. The highest BCUT2D eigenvalue weighted by atomic mass is 16.3. The van der Waals surface area contributed by atoms with Crippen LogP contribution in [0, 0.1) is 5.92 Å². The van der Waals surface area contributed by atoms with E-state index in [2.05, 4.69) is 0 Å².